The highest BCUT2D eigenvalue weighted by Crippen LogP contribution is 2.36. The average Bonchev–Trinajstić information content (AvgIpc) is 2.27. The van der Waals surface area contributed by atoms with E-state index in [1.54, 1.807) is 6.07 Å². The maximum atomic E-state index is 12.8. The number of hydrogen-bond acceptors (Lipinski definition) is 1. The molecule has 5 heteroatoms. The number of benzene rings is 1. The predicted molar refractivity (Wildman–Crippen MR) is 74.8 cm³/mol. The monoisotopic (exact) mass is 337 g/mol. The van der Waals surface area contributed by atoms with E-state index in [9.17, 15) is 13.2 Å². The number of nitrogens with two attached hydrogens (primary N) is 1. The molecule has 0 radical (unpaired) electrons. The zero-order valence-electron chi connectivity index (χ0n) is 11.1. The largest absolute Gasteiger partial charge is 0.417 e. The number of hydrogen-bond donors (Lipinski definition) is 1. The third-order valence-corrected chi connectivity index (χ3v) is 3.71. The second-order valence-electron chi connectivity index (χ2n) is 5.17. The Balaban J connectivity index is 2.78. The van der Waals surface area contributed by atoms with Crippen molar-refractivity contribution >= 4 is 15.9 Å². The van der Waals surface area contributed by atoms with Crippen molar-refractivity contribution < 1.29 is 13.2 Å². The molecule has 0 spiro atoms. The van der Waals surface area contributed by atoms with Crippen LogP contribution in [-0.2, 0) is 6.18 Å². The first kappa shape index (κ1) is 16.5. The van der Waals surface area contributed by atoms with E-state index in [2.05, 4.69) is 29.8 Å². The standard InChI is InChI=1S/C14H19BrF3N/c1-9(2)4-3-5-13(19)10-6-7-12(15)11(8-10)14(16,17)18/h6-9,13H,3-5,19H2,1-2H3. The molecule has 0 bridgehead atoms. The third-order valence-electron chi connectivity index (χ3n) is 3.02. The van der Waals surface area contributed by atoms with Crippen LogP contribution in [0.15, 0.2) is 22.7 Å². The molecular formula is C14H19BrF3N. The van der Waals surface area contributed by atoms with Crippen molar-refractivity contribution in [1.82, 2.24) is 0 Å². The molecule has 1 aromatic carbocycles. The molecular weight excluding hydrogens is 319 g/mol. The third kappa shape index (κ3) is 5.15. The molecule has 2 N–H and O–H groups in total. The van der Waals surface area contributed by atoms with Gasteiger partial charge in [-0.15, -0.1) is 0 Å². The van der Waals surface area contributed by atoms with Gasteiger partial charge in [-0.05, 0) is 30.0 Å². The van der Waals surface area contributed by atoms with Gasteiger partial charge in [-0.1, -0.05) is 48.7 Å². The van der Waals surface area contributed by atoms with Gasteiger partial charge in [0.25, 0.3) is 0 Å². The van der Waals surface area contributed by atoms with Crippen molar-refractivity contribution in [2.24, 2.45) is 11.7 Å². The summed E-state index contributed by atoms with van der Waals surface area (Å²) < 4.78 is 38.4. The van der Waals surface area contributed by atoms with Gasteiger partial charge in [-0.25, -0.2) is 0 Å². The van der Waals surface area contributed by atoms with Gasteiger partial charge in [0.2, 0.25) is 0 Å². The molecule has 0 amide bonds. The van der Waals surface area contributed by atoms with Gasteiger partial charge in [0.15, 0.2) is 0 Å². The molecule has 1 aromatic rings. The molecule has 0 aliphatic rings. The van der Waals surface area contributed by atoms with Crippen LogP contribution in [0.4, 0.5) is 13.2 Å². The Morgan fingerprint density at radius 3 is 2.37 bits per heavy atom. The molecule has 19 heavy (non-hydrogen) atoms. The summed E-state index contributed by atoms with van der Waals surface area (Å²) >= 11 is 2.93. The quantitative estimate of drug-likeness (QED) is 0.775. The topological polar surface area (TPSA) is 26.0 Å². The van der Waals surface area contributed by atoms with E-state index < -0.39 is 11.7 Å². The fraction of sp³-hybridized carbons (Fsp3) is 0.571. The highest BCUT2D eigenvalue weighted by atomic mass is 79.9. The van der Waals surface area contributed by atoms with Gasteiger partial charge in [-0.3, -0.25) is 0 Å². The summed E-state index contributed by atoms with van der Waals surface area (Å²) in [6.45, 7) is 4.24. The lowest BCUT2D eigenvalue weighted by molar-refractivity contribution is -0.138. The van der Waals surface area contributed by atoms with Crippen molar-refractivity contribution in [2.45, 2.75) is 45.3 Å². The highest BCUT2D eigenvalue weighted by molar-refractivity contribution is 9.10. The van der Waals surface area contributed by atoms with Gasteiger partial charge >= 0.3 is 6.18 Å². The second kappa shape index (κ2) is 6.75. The maximum absolute atomic E-state index is 12.8. The molecule has 1 rings (SSSR count). The van der Waals surface area contributed by atoms with Crippen LogP contribution in [0.25, 0.3) is 0 Å². The Kier molecular flexibility index (Phi) is 5.86. The lowest BCUT2D eigenvalue weighted by Gasteiger charge is -2.16. The van der Waals surface area contributed by atoms with E-state index in [-0.39, 0.29) is 10.5 Å². The molecule has 0 saturated heterocycles. The summed E-state index contributed by atoms with van der Waals surface area (Å²) in [5, 5.41) is 0. The number of halogens is 4. The summed E-state index contributed by atoms with van der Waals surface area (Å²) in [6.07, 6.45) is -1.68. The van der Waals surface area contributed by atoms with Crippen LogP contribution in [0.3, 0.4) is 0 Å². The molecule has 0 aliphatic heterocycles. The fourth-order valence-electron chi connectivity index (χ4n) is 1.90. The fourth-order valence-corrected chi connectivity index (χ4v) is 2.37. The van der Waals surface area contributed by atoms with Crippen LogP contribution < -0.4 is 5.73 Å². The molecule has 0 fully saturated rings. The van der Waals surface area contributed by atoms with Gasteiger partial charge < -0.3 is 5.73 Å². The van der Waals surface area contributed by atoms with E-state index in [1.165, 1.54) is 6.07 Å². The van der Waals surface area contributed by atoms with Crippen LogP contribution in [0.5, 0.6) is 0 Å². The van der Waals surface area contributed by atoms with Crippen molar-refractivity contribution in [2.75, 3.05) is 0 Å². The molecule has 0 aromatic heterocycles. The number of alkyl halides is 3. The van der Waals surface area contributed by atoms with E-state index in [0.29, 0.717) is 17.9 Å². The molecule has 0 saturated carbocycles. The van der Waals surface area contributed by atoms with Crippen LogP contribution in [0, 0.1) is 5.92 Å². The second-order valence-corrected chi connectivity index (χ2v) is 6.02. The normalized spacial score (nSPS) is 13.9. The molecule has 0 aliphatic carbocycles. The molecule has 108 valence electrons. The summed E-state index contributed by atoms with van der Waals surface area (Å²) in [4.78, 5) is 0. The van der Waals surface area contributed by atoms with Crippen molar-refractivity contribution in [3.63, 3.8) is 0 Å². The van der Waals surface area contributed by atoms with Gasteiger partial charge in [0.05, 0.1) is 5.56 Å². The lowest BCUT2D eigenvalue weighted by atomic mass is 9.97. The molecule has 1 nitrogen and oxygen atoms in total. The minimum absolute atomic E-state index is 0.0538. The van der Waals surface area contributed by atoms with Gasteiger partial charge in [0.1, 0.15) is 0 Å². The van der Waals surface area contributed by atoms with Crippen LogP contribution in [0.2, 0.25) is 0 Å². The first-order valence-corrected chi connectivity index (χ1v) is 7.13. The Labute approximate surface area is 120 Å². The van der Waals surface area contributed by atoms with Gasteiger partial charge in [-0.2, -0.15) is 13.2 Å². The van der Waals surface area contributed by atoms with Crippen molar-refractivity contribution in [3.05, 3.63) is 33.8 Å². The van der Waals surface area contributed by atoms with E-state index in [0.717, 1.165) is 18.9 Å². The molecule has 1 unspecified atom stereocenters. The smallest absolute Gasteiger partial charge is 0.324 e. The first-order valence-electron chi connectivity index (χ1n) is 6.34. The van der Waals surface area contributed by atoms with Gasteiger partial charge in [0, 0.05) is 10.5 Å². The molecule has 1 atom stereocenters. The summed E-state index contributed by atoms with van der Waals surface area (Å²) in [6, 6.07) is 3.87. The SMILES string of the molecule is CC(C)CCCC(N)c1ccc(Br)c(C(F)(F)F)c1. The first-order chi connectivity index (χ1) is 8.71. The summed E-state index contributed by atoms with van der Waals surface area (Å²) in [5.74, 6) is 0.586. The average molecular weight is 338 g/mol. The van der Waals surface area contributed by atoms with E-state index >= 15 is 0 Å². The Bertz CT molecular complexity index is 416. The van der Waals surface area contributed by atoms with Crippen LogP contribution >= 0.6 is 15.9 Å². The minimum atomic E-state index is -4.35. The zero-order chi connectivity index (χ0) is 14.6. The van der Waals surface area contributed by atoms with Crippen LogP contribution in [-0.4, -0.2) is 0 Å². The van der Waals surface area contributed by atoms with E-state index in [1.807, 2.05) is 0 Å². The summed E-state index contributed by atoms with van der Waals surface area (Å²) in [7, 11) is 0. The predicted octanol–water partition coefficient (Wildman–Crippen LogP) is 5.29. The lowest BCUT2D eigenvalue weighted by Crippen LogP contribution is -2.13. The highest BCUT2D eigenvalue weighted by Gasteiger charge is 2.33. The Morgan fingerprint density at radius 1 is 1.21 bits per heavy atom. The van der Waals surface area contributed by atoms with Crippen LogP contribution in [0.1, 0.15) is 50.3 Å². The molecule has 0 heterocycles. The van der Waals surface area contributed by atoms with Crippen molar-refractivity contribution in [1.29, 1.82) is 0 Å². The van der Waals surface area contributed by atoms with Crippen molar-refractivity contribution in [3.8, 4) is 0 Å². The Morgan fingerprint density at radius 2 is 1.84 bits per heavy atom. The Hall–Kier alpha value is -0.550. The maximum Gasteiger partial charge on any atom is 0.417 e. The minimum Gasteiger partial charge on any atom is -0.324 e. The number of rotatable bonds is 5. The van der Waals surface area contributed by atoms with E-state index in [4.69, 9.17) is 5.73 Å². The summed E-state index contributed by atoms with van der Waals surface area (Å²) in [5.41, 5.74) is 5.84. The zero-order valence-corrected chi connectivity index (χ0v) is 12.7.